The monoisotopic (exact) mass is 400 g/mol. The summed E-state index contributed by atoms with van der Waals surface area (Å²) in [6.45, 7) is 7.98. The summed E-state index contributed by atoms with van der Waals surface area (Å²) in [5, 5.41) is 3.60. The molecule has 0 aliphatic heterocycles. The molecule has 1 amide bonds. The Kier molecular flexibility index (Phi) is 8.08. The number of benzene rings is 1. The largest absolute Gasteiger partial charge is 0.496 e. The van der Waals surface area contributed by atoms with Crippen LogP contribution in [-0.2, 0) is 0 Å². The molecule has 0 saturated carbocycles. The highest BCUT2D eigenvalue weighted by Crippen LogP contribution is 2.28. The number of hydrogen-bond donors (Lipinski definition) is 1. The summed E-state index contributed by atoms with van der Waals surface area (Å²) in [5.74, 6) is 0.950. The van der Waals surface area contributed by atoms with Gasteiger partial charge >= 0.3 is 0 Å². The predicted octanol–water partition coefficient (Wildman–Crippen LogP) is 5.42. The van der Waals surface area contributed by atoms with E-state index < -0.39 is 0 Å². The Bertz CT molecular complexity index is 893. The third-order valence-corrected chi connectivity index (χ3v) is 4.19. The molecule has 1 aromatic heterocycles. The van der Waals surface area contributed by atoms with Gasteiger partial charge < -0.3 is 14.5 Å². The average molecular weight is 401 g/mol. The van der Waals surface area contributed by atoms with E-state index in [0.717, 1.165) is 35.3 Å². The molecule has 0 fully saturated rings. The smallest absolute Gasteiger partial charge is 0.273 e. The van der Waals surface area contributed by atoms with Crippen LogP contribution >= 0.6 is 11.6 Å². The molecule has 0 saturated heterocycles. The van der Waals surface area contributed by atoms with Gasteiger partial charge in [0.2, 0.25) is 0 Å². The van der Waals surface area contributed by atoms with E-state index in [0.29, 0.717) is 17.3 Å². The third kappa shape index (κ3) is 5.86. The van der Waals surface area contributed by atoms with Crippen molar-refractivity contribution in [1.82, 2.24) is 10.3 Å². The number of hydrogen-bond acceptors (Lipinski definition) is 4. The van der Waals surface area contributed by atoms with Gasteiger partial charge in [0.05, 0.1) is 7.11 Å². The van der Waals surface area contributed by atoms with Crippen molar-refractivity contribution in [2.75, 3.05) is 13.7 Å². The summed E-state index contributed by atoms with van der Waals surface area (Å²) in [6, 6.07) is 5.59. The standard InChI is InChI=1S/C22H25ClN2O3/c1-5-7-17(13-16(3)23)8-6-11-24-22(26)20-21(28-14-25-20)18-9-10-19(27-4)15(2)12-18/h5,7,9-10,12-14H,1,6,8,11H2,2-4H3,(H,24,26)/b16-13+,17-7-. The van der Waals surface area contributed by atoms with Crippen molar-refractivity contribution in [3.8, 4) is 17.1 Å². The minimum atomic E-state index is -0.268. The molecule has 0 bridgehead atoms. The zero-order chi connectivity index (χ0) is 20.5. The number of allylic oxidation sites excluding steroid dienone is 5. The van der Waals surface area contributed by atoms with Crippen molar-refractivity contribution in [1.29, 1.82) is 0 Å². The quantitative estimate of drug-likeness (QED) is 0.450. The summed E-state index contributed by atoms with van der Waals surface area (Å²) in [7, 11) is 1.62. The van der Waals surface area contributed by atoms with Gasteiger partial charge in [0.15, 0.2) is 17.8 Å². The normalized spacial score (nSPS) is 12.0. The molecule has 0 radical (unpaired) electrons. The molecule has 1 N–H and O–H groups in total. The van der Waals surface area contributed by atoms with Crippen LogP contribution in [-0.4, -0.2) is 24.5 Å². The Morgan fingerprint density at radius 1 is 1.43 bits per heavy atom. The molecular formula is C22H25ClN2O3. The molecule has 2 aromatic rings. The van der Waals surface area contributed by atoms with Gasteiger partial charge in [0, 0.05) is 17.1 Å². The number of carbonyl (C=O) groups excluding carboxylic acids is 1. The van der Waals surface area contributed by atoms with Crippen LogP contribution in [0.5, 0.6) is 5.75 Å². The van der Waals surface area contributed by atoms with Gasteiger partial charge in [-0.25, -0.2) is 4.98 Å². The van der Waals surface area contributed by atoms with E-state index in [2.05, 4.69) is 16.9 Å². The van der Waals surface area contributed by atoms with Crippen LogP contribution in [0.3, 0.4) is 0 Å². The molecule has 5 nitrogen and oxygen atoms in total. The zero-order valence-electron chi connectivity index (χ0n) is 16.4. The van der Waals surface area contributed by atoms with E-state index in [1.165, 1.54) is 6.39 Å². The highest BCUT2D eigenvalue weighted by atomic mass is 35.5. The third-order valence-electron chi connectivity index (χ3n) is 4.08. The van der Waals surface area contributed by atoms with E-state index in [-0.39, 0.29) is 11.6 Å². The van der Waals surface area contributed by atoms with Gasteiger partial charge in [-0.15, -0.1) is 0 Å². The van der Waals surface area contributed by atoms with E-state index in [4.69, 9.17) is 20.8 Å². The van der Waals surface area contributed by atoms with Crippen LogP contribution in [0, 0.1) is 6.92 Å². The fraction of sp³-hybridized carbons (Fsp3) is 0.273. The van der Waals surface area contributed by atoms with Crippen LogP contribution in [0.2, 0.25) is 0 Å². The van der Waals surface area contributed by atoms with Crippen molar-refractivity contribution < 1.29 is 13.9 Å². The second-order valence-corrected chi connectivity index (χ2v) is 6.88. The number of rotatable bonds is 9. The Balaban J connectivity index is 2.00. The number of nitrogens with zero attached hydrogens (tertiary/aromatic N) is 1. The molecule has 0 unspecified atom stereocenters. The number of ether oxygens (including phenoxy) is 1. The van der Waals surface area contributed by atoms with Crippen molar-refractivity contribution in [3.05, 3.63) is 71.3 Å². The van der Waals surface area contributed by atoms with Crippen molar-refractivity contribution >= 4 is 17.5 Å². The topological polar surface area (TPSA) is 64.4 Å². The zero-order valence-corrected chi connectivity index (χ0v) is 17.2. The van der Waals surface area contributed by atoms with E-state index in [1.807, 2.05) is 44.2 Å². The lowest BCUT2D eigenvalue weighted by atomic mass is 10.1. The van der Waals surface area contributed by atoms with Crippen LogP contribution < -0.4 is 10.1 Å². The minimum Gasteiger partial charge on any atom is -0.496 e. The highest BCUT2D eigenvalue weighted by molar-refractivity contribution is 6.29. The molecule has 28 heavy (non-hydrogen) atoms. The Morgan fingerprint density at radius 3 is 2.86 bits per heavy atom. The van der Waals surface area contributed by atoms with Gasteiger partial charge in [0.1, 0.15) is 5.75 Å². The van der Waals surface area contributed by atoms with Crippen molar-refractivity contribution in [2.45, 2.75) is 26.7 Å². The van der Waals surface area contributed by atoms with Crippen LogP contribution in [0.25, 0.3) is 11.3 Å². The van der Waals surface area contributed by atoms with Gasteiger partial charge in [-0.3, -0.25) is 4.79 Å². The number of methoxy groups -OCH3 is 1. The summed E-state index contributed by atoms with van der Waals surface area (Å²) in [4.78, 5) is 16.6. The summed E-state index contributed by atoms with van der Waals surface area (Å²) >= 11 is 5.93. The Labute approximate surface area is 170 Å². The van der Waals surface area contributed by atoms with Gasteiger partial charge in [-0.2, -0.15) is 0 Å². The van der Waals surface area contributed by atoms with Crippen LogP contribution in [0.1, 0.15) is 35.8 Å². The number of carbonyl (C=O) groups is 1. The van der Waals surface area contributed by atoms with E-state index >= 15 is 0 Å². The summed E-state index contributed by atoms with van der Waals surface area (Å²) < 4.78 is 10.7. The lowest BCUT2D eigenvalue weighted by Gasteiger charge is -2.08. The van der Waals surface area contributed by atoms with Gasteiger partial charge in [-0.1, -0.05) is 30.3 Å². The molecule has 1 aromatic carbocycles. The second-order valence-electron chi connectivity index (χ2n) is 6.28. The lowest BCUT2D eigenvalue weighted by molar-refractivity contribution is 0.0949. The average Bonchev–Trinajstić information content (AvgIpc) is 3.14. The SMILES string of the molecule is C=C/C=C(\C=C(/C)Cl)CCCNC(=O)c1ncoc1-c1ccc(OC)c(C)c1. The number of amides is 1. The summed E-state index contributed by atoms with van der Waals surface area (Å²) in [5.41, 5.74) is 3.06. The summed E-state index contributed by atoms with van der Waals surface area (Å²) in [6.07, 6.45) is 8.36. The molecular weight excluding hydrogens is 376 g/mol. The fourth-order valence-electron chi connectivity index (χ4n) is 2.82. The predicted molar refractivity (Wildman–Crippen MR) is 113 cm³/mol. The molecule has 6 heteroatoms. The number of aromatic nitrogens is 1. The van der Waals surface area contributed by atoms with E-state index in [1.54, 1.807) is 13.2 Å². The molecule has 0 spiro atoms. The van der Waals surface area contributed by atoms with Gasteiger partial charge in [-0.05, 0) is 62.1 Å². The highest BCUT2D eigenvalue weighted by Gasteiger charge is 2.18. The Hall–Kier alpha value is -2.79. The van der Waals surface area contributed by atoms with Crippen molar-refractivity contribution in [3.63, 3.8) is 0 Å². The molecule has 0 aliphatic rings. The number of aryl methyl sites for hydroxylation is 1. The second kappa shape index (κ2) is 10.5. The maximum absolute atomic E-state index is 12.5. The maximum atomic E-state index is 12.5. The molecule has 0 aliphatic carbocycles. The number of nitrogens with one attached hydrogen (secondary N) is 1. The molecule has 0 atom stereocenters. The molecule has 148 valence electrons. The van der Waals surface area contributed by atoms with Crippen LogP contribution in [0.4, 0.5) is 0 Å². The number of oxazole rings is 1. The van der Waals surface area contributed by atoms with E-state index in [9.17, 15) is 4.79 Å². The number of halogens is 1. The first-order valence-corrected chi connectivity index (χ1v) is 9.36. The van der Waals surface area contributed by atoms with Crippen LogP contribution in [0.15, 0.2) is 64.4 Å². The Morgan fingerprint density at radius 2 is 2.21 bits per heavy atom. The molecule has 1 heterocycles. The van der Waals surface area contributed by atoms with Crippen molar-refractivity contribution in [2.24, 2.45) is 0 Å². The first-order valence-electron chi connectivity index (χ1n) is 8.98. The first-order chi connectivity index (χ1) is 13.5. The first kappa shape index (κ1) is 21.5. The minimum absolute atomic E-state index is 0.267. The lowest BCUT2D eigenvalue weighted by Crippen LogP contribution is -2.25. The maximum Gasteiger partial charge on any atom is 0.273 e. The van der Waals surface area contributed by atoms with Gasteiger partial charge in [0.25, 0.3) is 5.91 Å². The molecule has 2 rings (SSSR count). The fourth-order valence-corrected chi connectivity index (χ4v) is 2.96.